The summed E-state index contributed by atoms with van der Waals surface area (Å²) in [5, 5.41) is 0. The predicted molar refractivity (Wildman–Crippen MR) is 88.6 cm³/mol. The van der Waals surface area contributed by atoms with Crippen molar-refractivity contribution >= 4 is 15.9 Å². The van der Waals surface area contributed by atoms with Crippen LogP contribution in [-0.4, -0.2) is 18.6 Å². The maximum atomic E-state index is 12.6. The lowest BCUT2D eigenvalue weighted by Gasteiger charge is -2.17. The van der Waals surface area contributed by atoms with Crippen LogP contribution in [0.4, 0.5) is 0 Å². The van der Waals surface area contributed by atoms with Gasteiger partial charge in [0.2, 0.25) is 0 Å². The lowest BCUT2D eigenvalue weighted by molar-refractivity contribution is 0.0865. The van der Waals surface area contributed by atoms with Crippen LogP contribution < -0.4 is 0 Å². The average molecular weight is 329 g/mol. The van der Waals surface area contributed by atoms with Crippen molar-refractivity contribution in [1.29, 1.82) is 0 Å². The molecular formula is C18H19NO3S. The highest BCUT2D eigenvalue weighted by molar-refractivity contribution is 7.90. The highest BCUT2D eigenvalue weighted by atomic mass is 32.2. The molecule has 1 amide bonds. The van der Waals surface area contributed by atoms with E-state index >= 15 is 0 Å². The second-order valence-electron chi connectivity index (χ2n) is 5.87. The summed E-state index contributed by atoms with van der Waals surface area (Å²) in [6.07, 6.45) is 1.01. The molecule has 23 heavy (non-hydrogen) atoms. The van der Waals surface area contributed by atoms with Gasteiger partial charge in [-0.05, 0) is 35.6 Å². The van der Waals surface area contributed by atoms with Crippen molar-refractivity contribution < 1.29 is 13.2 Å². The maximum absolute atomic E-state index is 12.6. The molecular weight excluding hydrogens is 310 g/mol. The molecule has 3 rings (SSSR count). The van der Waals surface area contributed by atoms with E-state index in [0.29, 0.717) is 5.92 Å². The first-order valence-electron chi connectivity index (χ1n) is 7.70. The van der Waals surface area contributed by atoms with Crippen LogP contribution >= 0.6 is 0 Å². The third-order valence-corrected chi connectivity index (χ3v) is 6.16. The zero-order valence-electron chi connectivity index (χ0n) is 13.2. The van der Waals surface area contributed by atoms with Crippen LogP contribution in [0.5, 0.6) is 0 Å². The van der Waals surface area contributed by atoms with Crippen LogP contribution in [0.1, 0.15) is 47.7 Å². The van der Waals surface area contributed by atoms with E-state index in [2.05, 4.69) is 13.8 Å². The molecule has 0 radical (unpaired) electrons. The largest absolute Gasteiger partial charge is 0.269 e. The van der Waals surface area contributed by atoms with Gasteiger partial charge in [-0.15, -0.1) is 0 Å². The third kappa shape index (κ3) is 2.65. The first-order chi connectivity index (χ1) is 10.9. The standard InChI is InChI=1S/C18H19NO3S/c1-3-13(2)15-8-6-7-14(11-15)12-19-18(20)16-9-4-5-10-17(16)23(19,21)22/h4-11,13H,3,12H2,1-2H3. The minimum atomic E-state index is -3.75. The molecule has 2 aromatic carbocycles. The molecule has 0 aliphatic carbocycles. The minimum Gasteiger partial charge on any atom is -0.268 e. The van der Waals surface area contributed by atoms with Gasteiger partial charge in [0.15, 0.2) is 0 Å². The quantitative estimate of drug-likeness (QED) is 0.862. The van der Waals surface area contributed by atoms with Crippen molar-refractivity contribution in [3.63, 3.8) is 0 Å². The number of sulfonamides is 1. The molecule has 5 heteroatoms. The Morgan fingerprint density at radius 2 is 1.83 bits per heavy atom. The Labute approximate surface area is 136 Å². The molecule has 0 fully saturated rings. The first kappa shape index (κ1) is 15.7. The number of carbonyl (C=O) groups excluding carboxylic acids is 1. The van der Waals surface area contributed by atoms with Crippen LogP contribution in [-0.2, 0) is 16.6 Å². The smallest absolute Gasteiger partial charge is 0.268 e. The van der Waals surface area contributed by atoms with Crippen LogP contribution in [0.15, 0.2) is 53.4 Å². The highest BCUT2D eigenvalue weighted by Gasteiger charge is 2.40. The zero-order valence-corrected chi connectivity index (χ0v) is 14.0. The Hall–Kier alpha value is -2.14. The summed E-state index contributed by atoms with van der Waals surface area (Å²) in [6, 6.07) is 14.2. The topological polar surface area (TPSA) is 54.5 Å². The van der Waals surface area contributed by atoms with Crippen molar-refractivity contribution in [3.05, 3.63) is 65.2 Å². The summed E-state index contributed by atoms with van der Waals surface area (Å²) in [5.74, 6) is -0.0485. The number of amides is 1. The Bertz CT molecular complexity index is 858. The van der Waals surface area contributed by atoms with Crippen LogP contribution in [0.3, 0.4) is 0 Å². The van der Waals surface area contributed by atoms with Crippen LogP contribution in [0.25, 0.3) is 0 Å². The number of fused-ring (bicyclic) bond motifs is 1. The molecule has 1 unspecified atom stereocenters. The molecule has 0 saturated carbocycles. The van der Waals surface area contributed by atoms with Gasteiger partial charge >= 0.3 is 0 Å². The monoisotopic (exact) mass is 329 g/mol. The molecule has 2 aromatic rings. The molecule has 0 N–H and O–H groups in total. The van der Waals surface area contributed by atoms with Crippen molar-refractivity contribution in [2.75, 3.05) is 0 Å². The molecule has 120 valence electrons. The lowest BCUT2D eigenvalue weighted by Crippen LogP contribution is -2.29. The van der Waals surface area contributed by atoms with Gasteiger partial charge in [0, 0.05) is 0 Å². The summed E-state index contributed by atoms with van der Waals surface area (Å²) in [5.41, 5.74) is 2.24. The Morgan fingerprint density at radius 1 is 1.09 bits per heavy atom. The number of benzene rings is 2. The number of carbonyl (C=O) groups is 1. The van der Waals surface area contributed by atoms with Gasteiger partial charge in [-0.1, -0.05) is 50.2 Å². The summed E-state index contributed by atoms with van der Waals surface area (Å²) in [6.45, 7) is 4.31. The van der Waals surface area contributed by atoms with Gasteiger partial charge in [-0.25, -0.2) is 12.7 Å². The van der Waals surface area contributed by atoms with Crippen molar-refractivity contribution in [2.24, 2.45) is 0 Å². The molecule has 0 aromatic heterocycles. The minimum absolute atomic E-state index is 0.0696. The molecule has 0 bridgehead atoms. The van der Waals surface area contributed by atoms with E-state index in [9.17, 15) is 13.2 Å². The van der Waals surface area contributed by atoms with Crippen molar-refractivity contribution in [3.8, 4) is 0 Å². The zero-order chi connectivity index (χ0) is 16.6. The average Bonchev–Trinajstić information content (AvgIpc) is 2.76. The number of hydrogen-bond donors (Lipinski definition) is 0. The third-order valence-electron chi connectivity index (χ3n) is 4.37. The molecule has 4 nitrogen and oxygen atoms in total. The van der Waals surface area contributed by atoms with E-state index in [1.165, 1.54) is 6.07 Å². The van der Waals surface area contributed by atoms with E-state index in [0.717, 1.165) is 21.9 Å². The van der Waals surface area contributed by atoms with Gasteiger partial charge in [0.25, 0.3) is 15.9 Å². The SMILES string of the molecule is CCC(C)c1cccc(CN2C(=O)c3ccccc3S2(=O)=O)c1. The van der Waals surface area contributed by atoms with Gasteiger partial charge < -0.3 is 0 Å². The lowest BCUT2D eigenvalue weighted by atomic mass is 9.97. The van der Waals surface area contributed by atoms with Gasteiger partial charge in [0.05, 0.1) is 12.1 Å². The normalized spacial score (nSPS) is 17.1. The van der Waals surface area contributed by atoms with Gasteiger partial charge in [-0.3, -0.25) is 4.79 Å². The van der Waals surface area contributed by atoms with E-state index < -0.39 is 15.9 Å². The van der Waals surface area contributed by atoms with Crippen molar-refractivity contribution in [2.45, 2.75) is 37.6 Å². The fraction of sp³-hybridized carbons (Fsp3) is 0.278. The second-order valence-corrected chi connectivity index (χ2v) is 7.70. The van der Waals surface area contributed by atoms with E-state index in [-0.39, 0.29) is 17.0 Å². The molecule has 1 atom stereocenters. The number of rotatable bonds is 4. The molecule has 1 aliphatic rings. The van der Waals surface area contributed by atoms with Crippen molar-refractivity contribution in [1.82, 2.24) is 4.31 Å². The van der Waals surface area contributed by atoms with E-state index in [1.807, 2.05) is 24.3 Å². The Balaban J connectivity index is 1.94. The van der Waals surface area contributed by atoms with Gasteiger partial charge in [0.1, 0.15) is 4.90 Å². The highest BCUT2D eigenvalue weighted by Crippen LogP contribution is 2.31. The molecule has 1 heterocycles. The number of hydrogen-bond acceptors (Lipinski definition) is 3. The summed E-state index contributed by atoms with van der Waals surface area (Å²) in [7, 11) is -3.75. The second kappa shape index (κ2) is 5.81. The molecule has 0 spiro atoms. The Morgan fingerprint density at radius 3 is 2.52 bits per heavy atom. The molecule has 1 aliphatic heterocycles. The van der Waals surface area contributed by atoms with Crippen LogP contribution in [0.2, 0.25) is 0 Å². The summed E-state index contributed by atoms with van der Waals surface area (Å²) < 4.78 is 26.1. The van der Waals surface area contributed by atoms with E-state index in [4.69, 9.17) is 0 Å². The fourth-order valence-corrected chi connectivity index (χ4v) is 4.34. The van der Waals surface area contributed by atoms with Crippen LogP contribution in [0, 0.1) is 0 Å². The first-order valence-corrected chi connectivity index (χ1v) is 9.14. The fourth-order valence-electron chi connectivity index (χ4n) is 2.79. The number of nitrogens with zero attached hydrogens (tertiary/aromatic N) is 1. The summed E-state index contributed by atoms with van der Waals surface area (Å²) >= 11 is 0. The van der Waals surface area contributed by atoms with Gasteiger partial charge in [-0.2, -0.15) is 0 Å². The predicted octanol–water partition coefficient (Wildman–Crippen LogP) is 3.54. The van der Waals surface area contributed by atoms with E-state index in [1.54, 1.807) is 18.2 Å². The summed E-state index contributed by atoms with van der Waals surface area (Å²) in [4.78, 5) is 12.5. The maximum Gasteiger partial charge on any atom is 0.269 e. The molecule has 0 saturated heterocycles. The Kier molecular flexibility index (Phi) is 3.98.